The number of ether oxygens (including phenoxy) is 1. The number of nitrogens with one attached hydrogen (secondary N) is 1. The normalized spacial score (nSPS) is 30.9. The zero-order valence-electron chi connectivity index (χ0n) is 9.93. The zero-order valence-corrected chi connectivity index (χ0v) is 9.93. The Morgan fingerprint density at radius 1 is 1.21 bits per heavy atom. The van der Waals surface area contributed by atoms with Crippen molar-refractivity contribution in [2.45, 2.75) is 24.5 Å². The lowest BCUT2D eigenvalue weighted by Crippen LogP contribution is -2.55. The number of rotatable bonds is 3. The molecule has 1 aromatic rings. The first kappa shape index (κ1) is 13.8. The van der Waals surface area contributed by atoms with Crippen molar-refractivity contribution in [1.82, 2.24) is 0 Å². The molecule has 19 heavy (non-hydrogen) atoms. The highest BCUT2D eigenvalue weighted by Crippen LogP contribution is 2.21. The quantitative estimate of drug-likeness (QED) is 0.489. The molecule has 1 heterocycles. The van der Waals surface area contributed by atoms with Crippen molar-refractivity contribution in [1.29, 1.82) is 0 Å². The van der Waals surface area contributed by atoms with Crippen molar-refractivity contribution in [2.24, 2.45) is 0 Å². The summed E-state index contributed by atoms with van der Waals surface area (Å²) in [4.78, 5) is 11.0. The fourth-order valence-corrected chi connectivity index (χ4v) is 1.88. The zero-order chi connectivity index (χ0) is 14.0. The second-order valence-corrected chi connectivity index (χ2v) is 4.30. The van der Waals surface area contributed by atoms with E-state index in [2.05, 4.69) is 5.32 Å². The van der Waals surface area contributed by atoms with Crippen molar-refractivity contribution < 1.29 is 30.0 Å². The van der Waals surface area contributed by atoms with Gasteiger partial charge >= 0.3 is 5.97 Å². The van der Waals surface area contributed by atoms with Gasteiger partial charge in [-0.05, 0) is 12.1 Å². The van der Waals surface area contributed by atoms with E-state index >= 15 is 0 Å². The van der Waals surface area contributed by atoms with Crippen molar-refractivity contribution >= 4 is 11.7 Å². The van der Waals surface area contributed by atoms with E-state index in [0.29, 0.717) is 0 Å². The lowest BCUT2D eigenvalue weighted by Gasteiger charge is -2.36. The van der Waals surface area contributed by atoms with Crippen LogP contribution in [0.15, 0.2) is 24.3 Å². The van der Waals surface area contributed by atoms with Crippen LogP contribution in [0.4, 0.5) is 5.69 Å². The first-order valence-electron chi connectivity index (χ1n) is 5.75. The van der Waals surface area contributed by atoms with E-state index in [1.165, 1.54) is 12.1 Å². The van der Waals surface area contributed by atoms with Crippen LogP contribution in [0.2, 0.25) is 0 Å². The van der Waals surface area contributed by atoms with Gasteiger partial charge in [0.1, 0.15) is 18.3 Å². The highest BCUT2D eigenvalue weighted by Gasteiger charge is 2.37. The molecule has 4 unspecified atom stereocenters. The number of carboxylic acids is 1. The summed E-state index contributed by atoms with van der Waals surface area (Å²) in [5.74, 6) is -1.12. The summed E-state index contributed by atoms with van der Waals surface area (Å²) < 4.78 is 5.15. The molecule has 1 aliphatic rings. The third-order valence-electron chi connectivity index (χ3n) is 2.96. The van der Waals surface area contributed by atoms with Crippen molar-refractivity contribution in [3.8, 4) is 0 Å². The maximum absolute atomic E-state index is 11.0. The summed E-state index contributed by atoms with van der Waals surface area (Å²) in [6, 6.07) is 6.14. The van der Waals surface area contributed by atoms with Crippen LogP contribution in [0.3, 0.4) is 0 Å². The number of carboxylic acid groups (broad SMARTS) is 1. The Balaban J connectivity index is 2.15. The Kier molecular flexibility index (Phi) is 4.01. The number of benzene rings is 1. The minimum Gasteiger partial charge on any atom is -0.478 e. The molecule has 7 heteroatoms. The van der Waals surface area contributed by atoms with E-state index in [1.54, 1.807) is 12.1 Å². The molecule has 0 radical (unpaired) electrons. The molecule has 1 aliphatic heterocycles. The standard InChI is InChI=1S/C12H15NO6/c14-8-5-19-11(10(16)9(8)15)13-7-4-2-1-3-6(7)12(17)18/h1-4,8-11,13-16H,5H2,(H,17,18). The van der Waals surface area contributed by atoms with Gasteiger partial charge in [-0.25, -0.2) is 4.79 Å². The van der Waals surface area contributed by atoms with Crippen LogP contribution < -0.4 is 5.32 Å². The van der Waals surface area contributed by atoms with Gasteiger partial charge < -0.3 is 30.5 Å². The fraction of sp³-hybridized carbons (Fsp3) is 0.417. The van der Waals surface area contributed by atoms with Crippen LogP contribution >= 0.6 is 0 Å². The number of carbonyl (C=O) groups is 1. The Hall–Kier alpha value is -1.67. The smallest absolute Gasteiger partial charge is 0.337 e. The van der Waals surface area contributed by atoms with Crippen LogP contribution in [0.1, 0.15) is 10.4 Å². The van der Waals surface area contributed by atoms with E-state index in [0.717, 1.165) is 0 Å². The molecule has 0 aromatic heterocycles. The van der Waals surface area contributed by atoms with Crippen molar-refractivity contribution in [2.75, 3.05) is 11.9 Å². The molecule has 0 saturated carbocycles. The van der Waals surface area contributed by atoms with Gasteiger partial charge in [-0.15, -0.1) is 0 Å². The number of hydrogen-bond acceptors (Lipinski definition) is 6. The van der Waals surface area contributed by atoms with Crippen molar-refractivity contribution in [3.05, 3.63) is 29.8 Å². The Bertz CT molecular complexity index is 465. The van der Waals surface area contributed by atoms with Gasteiger partial charge in [0.05, 0.1) is 17.9 Å². The minimum absolute atomic E-state index is 0.0268. The third-order valence-corrected chi connectivity index (χ3v) is 2.96. The first-order valence-corrected chi connectivity index (χ1v) is 5.75. The largest absolute Gasteiger partial charge is 0.478 e. The molecular weight excluding hydrogens is 254 g/mol. The molecule has 5 N–H and O–H groups in total. The molecule has 1 aromatic carbocycles. The Labute approximate surface area is 109 Å². The molecule has 7 nitrogen and oxygen atoms in total. The molecule has 2 rings (SSSR count). The highest BCUT2D eigenvalue weighted by molar-refractivity contribution is 5.94. The van der Waals surface area contributed by atoms with Gasteiger partial charge in [0.15, 0.2) is 6.23 Å². The van der Waals surface area contributed by atoms with Crippen molar-refractivity contribution in [3.63, 3.8) is 0 Å². The van der Waals surface area contributed by atoms with Crippen LogP contribution in [0.25, 0.3) is 0 Å². The number of hydrogen-bond donors (Lipinski definition) is 5. The second-order valence-electron chi connectivity index (χ2n) is 4.30. The predicted octanol–water partition coefficient (Wildman–Crippen LogP) is -0.764. The summed E-state index contributed by atoms with van der Waals surface area (Å²) in [5, 5.41) is 40.3. The Morgan fingerprint density at radius 2 is 1.89 bits per heavy atom. The van der Waals surface area contributed by atoms with Gasteiger partial charge in [0.2, 0.25) is 0 Å². The summed E-state index contributed by atoms with van der Waals surface area (Å²) in [6.07, 6.45) is -4.85. The lowest BCUT2D eigenvalue weighted by molar-refractivity contribution is -0.178. The minimum atomic E-state index is -1.36. The van der Waals surface area contributed by atoms with Gasteiger partial charge in [0, 0.05) is 0 Å². The number of para-hydroxylation sites is 1. The predicted molar refractivity (Wildman–Crippen MR) is 64.8 cm³/mol. The number of aliphatic hydroxyl groups excluding tert-OH is 3. The summed E-state index contributed by atoms with van der Waals surface area (Å²) >= 11 is 0. The molecule has 0 spiro atoms. The molecule has 1 fully saturated rings. The van der Waals surface area contributed by atoms with Gasteiger partial charge in [-0.2, -0.15) is 0 Å². The van der Waals surface area contributed by atoms with Crippen LogP contribution in [-0.2, 0) is 4.74 Å². The van der Waals surface area contributed by atoms with Crippen LogP contribution in [-0.4, -0.2) is 57.5 Å². The molecule has 4 atom stereocenters. The third kappa shape index (κ3) is 2.85. The SMILES string of the molecule is O=C(O)c1ccccc1NC1OCC(O)C(O)C1O. The molecule has 1 saturated heterocycles. The molecule has 0 bridgehead atoms. The average Bonchev–Trinajstić information content (AvgIpc) is 2.40. The molecule has 104 valence electrons. The van der Waals surface area contributed by atoms with E-state index in [4.69, 9.17) is 9.84 Å². The highest BCUT2D eigenvalue weighted by atomic mass is 16.5. The summed E-state index contributed by atoms with van der Waals surface area (Å²) in [6.45, 7) is -0.148. The lowest BCUT2D eigenvalue weighted by atomic mass is 10.0. The van der Waals surface area contributed by atoms with Crippen LogP contribution in [0.5, 0.6) is 0 Å². The van der Waals surface area contributed by atoms with E-state index in [9.17, 15) is 20.1 Å². The first-order chi connectivity index (χ1) is 9.00. The monoisotopic (exact) mass is 269 g/mol. The van der Waals surface area contributed by atoms with Crippen LogP contribution in [0, 0.1) is 0 Å². The number of anilines is 1. The molecular formula is C12H15NO6. The topological polar surface area (TPSA) is 119 Å². The van der Waals surface area contributed by atoms with E-state index in [-0.39, 0.29) is 17.9 Å². The van der Waals surface area contributed by atoms with Gasteiger partial charge in [-0.3, -0.25) is 0 Å². The maximum Gasteiger partial charge on any atom is 0.337 e. The number of aromatic carboxylic acids is 1. The summed E-state index contributed by atoms with van der Waals surface area (Å²) in [7, 11) is 0. The number of aliphatic hydroxyl groups is 3. The average molecular weight is 269 g/mol. The summed E-state index contributed by atoms with van der Waals surface area (Å²) in [5.41, 5.74) is 0.293. The Morgan fingerprint density at radius 3 is 2.58 bits per heavy atom. The van der Waals surface area contributed by atoms with Gasteiger partial charge in [0.25, 0.3) is 0 Å². The second kappa shape index (κ2) is 5.54. The fourth-order valence-electron chi connectivity index (χ4n) is 1.88. The molecule has 0 aliphatic carbocycles. The van der Waals surface area contributed by atoms with E-state index < -0.39 is 30.5 Å². The maximum atomic E-state index is 11.0. The van der Waals surface area contributed by atoms with E-state index in [1.807, 2.05) is 0 Å². The van der Waals surface area contributed by atoms with Gasteiger partial charge in [-0.1, -0.05) is 12.1 Å². The molecule has 0 amide bonds.